The number of aryl methyl sites for hydroxylation is 1. The largest absolute Gasteiger partial charge is 0.484 e. The summed E-state index contributed by atoms with van der Waals surface area (Å²) in [6.45, 7) is 1.46. The molecule has 0 saturated carbocycles. The van der Waals surface area contributed by atoms with Crippen molar-refractivity contribution >= 4 is 11.6 Å². The average molecular weight is 344 g/mol. The Morgan fingerprint density at radius 2 is 1.80 bits per heavy atom. The van der Waals surface area contributed by atoms with Crippen molar-refractivity contribution in [1.29, 1.82) is 0 Å². The van der Waals surface area contributed by atoms with Crippen molar-refractivity contribution in [2.45, 2.75) is 25.5 Å². The Morgan fingerprint density at radius 3 is 2.36 bits per heavy atom. The summed E-state index contributed by atoms with van der Waals surface area (Å²) >= 11 is 0. The molecule has 0 aliphatic heterocycles. The molecule has 134 valence electrons. The first kappa shape index (κ1) is 18.8. The summed E-state index contributed by atoms with van der Waals surface area (Å²) in [5.41, 5.74) is 7.93. The average Bonchev–Trinajstić information content (AvgIpc) is 2.65. The second kappa shape index (κ2) is 9.05. The van der Waals surface area contributed by atoms with Gasteiger partial charge in [0.2, 0.25) is 0 Å². The predicted molar refractivity (Wildman–Crippen MR) is 96.1 cm³/mol. The number of benzene rings is 2. The molecule has 6 nitrogen and oxygen atoms in total. The van der Waals surface area contributed by atoms with Crippen LogP contribution in [0.5, 0.6) is 5.75 Å². The van der Waals surface area contributed by atoms with E-state index in [-0.39, 0.29) is 6.61 Å². The zero-order valence-corrected chi connectivity index (χ0v) is 14.2. The number of ether oxygens (including phenoxy) is 1. The monoisotopic (exact) mass is 344 g/mol. The summed E-state index contributed by atoms with van der Waals surface area (Å²) in [4.78, 5) is 12.0. The number of aliphatic hydroxyl groups is 2. The minimum absolute atomic E-state index is 0.198. The summed E-state index contributed by atoms with van der Waals surface area (Å²) in [7, 11) is 0. The number of amides is 1. The molecule has 0 aliphatic carbocycles. The highest BCUT2D eigenvalue weighted by Crippen LogP contribution is 2.18. The van der Waals surface area contributed by atoms with Gasteiger partial charge >= 0.3 is 0 Å². The summed E-state index contributed by atoms with van der Waals surface area (Å²) in [6.07, 6.45) is -0.111. The number of rotatable bonds is 8. The standard InChI is InChI=1S/C19H24N2O4/c1-2-13-3-9-16(10-4-13)25-12-18(23)21-17(11-22)19(24)14-5-7-15(20)8-6-14/h3-10,17,19,22,24H,2,11-12,20H2,1H3,(H,21,23). The van der Waals surface area contributed by atoms with Crippen LogP contribution in [0.15, 0.2) is 48.5 Å². The summed E-state index contributed by atoms with van der Waals surface area (Å²) in [6, 6.07) is 13.3. The van der Waals surface area contributed by atoms with Crippen molar-refractivity contribution in [2.75, 3.05) is 18.9 Å². The zero-order chi connectivity index (χ0) is 18.2. The van der Waals surface area contributed by atoms with E-state index in [9.17, 15) is 15.0 Å². The highest BCUT2D eigenvalue weighted by atomic mass is 16.5. The molecular formula is C19H24N2O4. The number of aliphatic hydroxyl groups excluding tert-OH is 2. The van der Waals surface area contributed by atoms with Crippen LogP contribution in [0, 0.1) is 0 Å². The van der Waals surface area contributed by atoms with E-state index in [0.717, 1.165) is 6.42 Å². The Balaban J connectivity index is 1.88. The van der Waals surface area contributed by atoms with Gasteiger partial charge in [-0.3, -0.25) is 4.79 Å². The van der Waals surface area contributed by atoms with E-state index in [1.54, 1.807) is 36.4 Å². The van der Waals surface area contributed by atoms with Crippen molar-refractivity contribution in [3.05, 3.63) is 59.7 Å². The molecule has 2 aromatic carbocycles. The highest BCUT2D eigenvalue weighted by Gasteiger charge is 2.22. The van der Waals surface area contributed by atoms with Crippen LogP contribution in [0.25, 0.3) is 0 Å². The third-order valence-electron chi connectivity index (χ3n) is 3.90. The lowest BCUT2D eigenvalue weighted by atomic mass is 10.0. The van der Waals surface area contributed by atoms with Crippen LogP contribution in [0.3, 0.4) is 0 Å². The quantitative estimate of drug-likeness (QED) is 0.542. The van der Waals surface area contributed by atoms with E-state index in [4.69, 9.17) is 10.5 Å². The van der Waals surface area contributed by atoms with Gasteiger partial charge < -0.3 is 26.0 Å². The highest BCUT2D eigenvalue weighted by molar-refractivity contribution is 5.78. The van der Waals surface area contributed by atoms with Crippen LogP contribution < -0.4 is 15.8 Å². The lowest BCUT2D eigenvalue weighted by molar-refractivity contribution is -0.125. The molecule has 0 aromatic heterocycles. The summed E-state index contributed by atoms with van der Waals surface area (Å²) in [5.74, 6) is 0.167. The Bertz CT molecular complexity index is 671. The molecule has 0 radical (unpaired) electrons. The third kappa shape index (κ3) is 5.48. The molecule has 0 fully saturated rings. The topological polar surface area (TPSA) is 105 Å². The van der Waals surface area contributed by atoms with Crippen LogP contribution in [-0.2, 0) is 11.2 Å². The van der Waals surface area contributed by atoms with Crippen LogP contribution in [0.1, 0.15) is 24.2 Å². The molecular weight excluding hydrogens is 320 g/mol. The first-order chi connectivity index (χ1) is 12.0. The number of nitrogen functional groups attached to an aromatic ring is 1. The van der Waals surface area contributed by atoms with Crippen molar-refractivity contribution in [3.63, 3.8) is 0 Å². The van der Waals surface area contributed by atoms with Gasteiger partial charge in [-0.15, -0.1) is 0 Å². The van der Waals surface area contributed by atoms with E-state index in [0.29, 0.717) is 17.0 Å². The summed E-state index contributed by atoms with van der Waals surface area (Å²) in [5, 5.41) is 22.3. The fourth-order valence-electron chi connectivity index (χ4n) is 2.37. The second-order valence-corrected chi connectivity index (χ2v) is 5.75. The summed E-state index contributed by atoms with van der Waals surface area (Å²) < 4.78 is 5.42. The van der Waals surface area contributed by atoms with Crippen molar-refractivity contribution < 1.29 is 19.7 Å². The minimum atomic E-state index is -1.04. The number of carbonyl (C=O) groups excluding carboxylic acids is 1. The smallest absolute Gasteiger partial charge is 0.258 e. The molecule has 6 heteroatoms. The Kier molecular flexibility index (Phi) is 6.80. The normalized spacial score (nSPS) is 13.1. The minimum Gasteiger partial charge on any atom is -0.484 e. The lowest BCUT2D eigenvalue weighted by Crippen LogP contribution is -2.43. The van der Waals surface area contributed by atoms with Gasteiger partial charge in [-0.05, 0) is 41.8 Å². The Hall–Kier alpha value is -2.57. The van der Waals surface area contributed by atoms with Crippen LogP contribution in [0.4, 0.5) is 5.69 Å². The Labute approximate surface area is 147 Å². The number of hydrogen-bond acceptors (Lipinski definition) is 5. The van der Waals surface area contributed by atoms with E-state index in [1.165, 1.54) is 5.56 Å². The fraction of sp³-hybridized carbons (Fsp3) is 0.316. The number of nitrogens with one attached hydrogen (secondary N) is 1. The van der Waals surface area contributed by atoms with Gasteiger partial charge in [0, 0.05) is 5.69 Å². The van der Waals surface area contributed by atoms with Gasteiger partial charge in [0.15, 0.2) is 6.61 Å². The first-order valence-corrected chi connectivity index (χ1v) is 8.19. The van der Waals surface area contributed by atoms with E-state index in [2.05, 4.69) is 12.2 Å². The van der Waals surface area contributed by atoms with Crippen LogP contribution in [0.2, 0.25) is 0 Å². The SMILES string of the molecule is CCc1ccc(OCC(=O)NC(CO)C(O)c2ccc(N)cc2)cc1. The molecule has 0 aliphatic rings. The maximum atomic E-state index is 12.0. The molecule has 1 amide bonds. The van der Waals surface area contributed by atoms with Gasteiger partial charge in [0.05, 0.1) is 12.6 Å². The number of hydrogen-bond donors (Lipinski definition) is 4. The van der Waals surface area contributed by atoms with E-state index in [1.807, 2.05) is 12.1 Å². The molecule has 2 aromatic rings. The molecule has 25 heavy (non-hydrogen) atoms. The van der Waals surface area contributed by atoms with Crippen molar-refractivity contribution in [1.82, 2.24) is 5.32 Å². The molecule has 0 saturated heterocycles. The molecule has 0 bridgehead atoms. The second-order valence-electron chi connectivity index (χ2n) is 5.75. The third-order valence-corrected chi connectivity index (χ3v) is 3.90. The molecule has 0 spiro atoms. The fourth-order valence-corrected chi connectivity index (χ4v) is 2.37. The number of nitrogens with two attached hydrogens (primary N) is 1. The maximum Gasteiger partial charge on any atom is 0.258 e. The van der Waals surface area contributed by atoms with Gasteiger partial charge in [-0.1, -0.05) is 31.2 Å². The molecule has 5 N–H and O–H groups in total. The maximum absolute atomic E-state index is 12.0. The van der Waals surface area contributed by atoms with Gasteiger partial charge in [-0.2, -0.15) is 0 Å². The molecule has 2 atom stereocenters. The first-order valence-electron chi connectivity index (χ1n) is 8.19. The Morgan fingerprint density at radius 1 is 1.16 bits per heavy atom. The van der Waals surface area contributed by atoms with Gasteiger partial charge in [0.1, 0.15) is 11.9 Å². The van der Waals surface area contributed by atoms with Crippen molar-refractivity contribution in [2.24, 2.45) is 0 Å². The molecule has 2 rings (SSSR count). The number of anilines is 1. The lowest BCUT2D eigenvalue weighted by Gasteiger charge is -2.22. The van der Waals surface area contributed by atoms with Gasteiger partial charge in [-0.25, -0.2) is 0 Å². The van der Waals surface area contributed by atoms with Crippen LogP contribution >= 0.6 is 0 Å². The zero-order valence-electron chi connectivity index (χ0n) is 14.2. The van der Waals surface area contributed by atoms with E-state index >= 15 is 0 Å². The van der Waals surface area contributed by atoms with Crippen LogP contribution in [-0.4, -0.2) is 35.4 Å². The number of carbonyl (C=O) groups is 1. The molecule has 0 heterocycles. The van der Waals surface area contributed by atoms with Crippen molar-refractivity contribution in [3.8, 4) is 5.75 Å². The molecule has 2 unspecified atom stereocenters. The van der Waals surface area contributed by atoms with E-state index < -0.39 is 24.7 Å². The van der Waals surface area contributed by atoms with Gasteiger partial charge in [0.25, 0.3) is 5.91 Å². The predicted octanol–water partition coefficient (Wildman–Crippen LogP) is 1.42.